The quantitative estimate of drug-likeness (QED) is 0.486. The molecular formula is C14H22Cl2N2O3S. The first-order valence-corrected chi connectivity index (χ1v) is 9.00. The second kappa shape index (κ2) is 11.0. The smallest absolute Gasteiger partial charge is 0.216 e. The lowest BCUT2D eigenvalue weighted by atomic mass is 10.1. The van der Waals surface area contributed by atoms with Gasteiger partial charge in [0.25, 0.3) is 0 Å². The average Bonchev–Trinajstić information content (AvgIpc) is 2.46. The number of nitrogens with two attached hydrogens (primary N) is 1. The van der Waals surface area contributed by atoms with Crippen LogP contribution in [0, 0.1) is 0 Å². The van der Waals surface area contributed by atoms with Gasteiger partial charge in [0, 0.05) is 0 Å². The highest BCUT2D eigenvalue weighted by molar-refractivity contribution is 7.88. The van der Waals surface area contributed by atoms with Crippen molar-refractivity contribution in [2.75, 3.05) is 12.4 Å². The standard InChI is InChI=1S/C14H21ClN2O3S.ClH/c15-10-14(18)13(8-4-5-9-16)17-21(19,20)11-12-6-2-1-3-7-12;/h1-3,6-7,13,17H,4-5,8-11,16H2;1H/t13-;/m0./s1. The molecule has 8 heteroatoms. The average molecular weight is 369 g/mol. The molecular weight excluding hydrogens is 347 g/mol. The SMILES string of the molecule is Cl.NCCCC[C@H](NS(=O)(=O)Cc1ccccc1)C(=O)CCl. The van der Waals surface area contributed by atoms with E-state index in [-0.39, 0.29) is 29.8 Å². The number of nitrogens with one attached hydrogen (secondary N) is 1. The zero-order valence-corrected chi connectivity index (χ0v) is 14.6. The van der Waals surface area contributed by atoms with Gasteiger partial charge in [-0.25, -0.2) is 13.1 Å². The summed E-state index contributed by atoms with van der Waals surface area (Å²) in [6, 6.07) is 8.04. The third-order valence-corrected chi connectivity index (χ3v) is 4.61. The van der Waals surface area contributed by atoms with E-state index in [1.54, 1.807) is 24.3 Å². The first-order chi connectivity index (χ1) is 9.98. The van der Waals surface area contributed by atoms with Gasteiger partial charge in [-0.2, -0.15) is 0 Å². The minimum Gasteiger partial charge on any atom is -0.330 e. The van der Waals surface area contributed by atoms with E-state index in [2.05, 4.69) is 4.72 Å². The Morgan fingerprint density at radius 3 is 2.41 bits per heavy atom. The Kier molecular flexibility index (Phi) is 10.6. The number of carbonyl (C=O) groups is 1. The number of benzene rings is 1. The Hall–Kier alpha value is -0.660. The van der Waals surface area contributed by atoms with Gasteiger partial charge in [-0.3, -0.25) is 4.79 Å². The van der Waals surface area contributed by atoms with E-state index in [1.807, 2.05) is 6.07 Å². The summed E-state index contributed by atoms with van der Waals surface area (Å²) in [7, 11) is -3.59. The minimum atomic E-state index is -3.59. The lowest BCUT2D eigenvalue weighted by molar-refractivity contribution is -0.118. The van der Waals surface area contributed by atoms with Crippen LogP contribution in [0.1, 0.15) is 24.8 Å². The zero-order valence-electron chi connectivity index (χ0n) is 12.2. The molecule has 0 radical (unpaired) electrons. The number of sulfonamides is 1. The molecule has 0 unspecified atom stereocenters. The van der Waals surface area contributed by atoms with Crippen molar-refractivity contribution < 1.29 is 13.2 Å². The zero-order chi connectivity index (χ0) is 15.7. The van der Waals surface area contributed by atoms with Crippen molar-refractivity contribution in [1.29, 1.82) is 0 Å². The van der Waals surface area contributed by atoms with Crippen LogP contribution < -0.4 is 10.5 Å². The van der Waals surface area contributed by atoms with Crippen molar-refractivity contribution in [3.05, 3.63) is 35.9 Å². The van der Waals surface area contributed by atoms with Crippen molar-refractivity contribution >= 4 is 39.8 Å². The number of rotatable bonds is 10. The van der Waals surface area contributed by atoms with Crippen LogP contribution in [-0.4, -0.2) is 32.7 Å². The van der Waals surface area contributed by atoms with Crippen molar-refractivity contribution in [3.63, 3.8) is 0 Å². The summed E-state index contributed by atoms with van der Waals surface area (Å²) in [5.74, 6) is -0.678. The molecule has 0 amide bonds. The molecule has 22 heavy (non-hydrogen) atoms. The predicted molar refractivity (Wildman–Crippen MR) is 91.9 cm³/mol. The van der Waals surface area contributed by atoms with E-state index in [9.17, 15) is 13.2 Å². The van der Waals surface area contributed by atoms with Crippen molar-refractivity contribution in [1.82, 2.24) is 4.72 Å². The van der Waals surface area contributed by atoms with E-state index in [0.717, 1.165) is 6.42 Å². The van der Waals surface area contributed by atoms with Gasteiger partial charge < -0.3 is 5.73 Å². The fourth-order valence-corrected chi connectivity index (χ4v) is 3.51. The molecule has 1 aromatic rings. The monoisotopic (exact) mass is 368 g/mol. The second-order valence-electron chi connectivity index (χ2n) is 4.80. The fraction of sp³-hybridized carbons (Fsp3) is 0.500. The summed E-state index contributed by atoms with van der Waals surface area (Å²) in [6.07, 6.45) is 1.83. The Labute approximate surface area is 143 Å². The lowest BCUT2D eigenvalue weighted by Crippen LogP contribution is -2.42. The fourth-order valence-electron chi connectivity index (χ4n) is 1.92. The van der Waals surface area contributed by atoms with E-state index in [4.69, 9.17) is 17.3 Å². The maximum absolute atomic E-state index is 12.1. The van der Waals surface area contributed by atoms with Gasteiger partial charge >= 0.3 is 0 Å². The molecule has 0 aromatic heterocycles. The van der Waals surface area contributed by atoms with Crippen molar-refractivity contribution in [3.8, 4) is 0 Å². The van der Waals surface area contributed by atoms with Crippen LogP contribution in [0.4, 0.5) is 0 Å². The highest BCUT2D eigenvalue weighted by atomic mass is 35.5. The third kappa shape index (κ3) is 8.10. The lowest BCUT2D eigenvalue weighted by Gasteiger charge is -2.16. The van der Waals surface area contributed by atoms with Gasteiger partial charge in [-0.1, -0.05) is 36.8 Å². The number of unbranched alkanes of at least 4 members (excludes halogenated alkanes) is 1. The molecule has 3 N–H and O–H groups in total. The number of ketones is 1. The maximum atomic E-state index is 12.1. The van der Waals surface area contributed by atoms with Crippen LogP contribution in [0.5, 0.6) is 0 Å². The van der Waals surface area contributed by atoms with E-state index in [1.165, 1.54) is 0 Å². The number of halogens is 2. The molecule has 1 rings (SSSR count). The minimum absolute atomic E-state index is 0. The molecule has 0 aliphatic heterocycles. The Morgan fingerprint density at radius 2 is 1.86 bits per heavy atom. The molecule has 0 bridgehead atoms. The van der Waals surface area contributed by atoms with Gasteiger partial charge in [0.15, 0.2) is 5.78 Å². The highest BCUT2D eigenvalue weighted by Gasteiger charge is 2.23. The molecule has 126 valence electrons. The third-order valence-electron chi connectivity index (χ3n) is 2.99. The van der Waals surface area contributed by atoms with Crippen LogP contribution in [0.15, 0.2) is 30.3 Å². The molecule has 0 heterocycles. The van der Waals surface area contributed by atoms with Crippen LogP contribution in [-0.2, 0) is 20.6 Å². The first-order valence-electron chi connectivity index (χ1n) is 6.81. The van der Waals surface area contributed by atoms with Gasteiger partial charge in [-0.15, -0.1) is 24.0 Å². The van der Waals surface area contributed by atoms with Crippen LogP contribution in [0.3, 0.4) is 0 Å². The van der Waals surface area contributed by atoms with E-state index >= 15 is 0 Å². The second-order valence-corrected chi connectivity index (χ2v) is 6.82. The van der Waals surface area contributed by atoms with E-state index in [0.29, 0.717) is 24.9 Å². The highest BCUT2D eigenvalue weighted by Crippen LogP contribution is 2.09. The summed E-state index contributed by atoms with van der Waals surface area (Å²) < 4.78 is 26.7. The summed E-state index contributed by atoms with van der Waals surface area (Å²) in [5.41, 5.74) is 6.07. The van der Waals surface area contributed by atoms with Crippen LogP contribution in [0.25, 0.3) is 0 Å². The number of hydrogen-bond acceptors (Lipinski definition) is 4. The van der Waals surface area contributed by atoms with Crippen LogP contribution in [0.2, 0.25) is 0 Å². The number of Topliss-reactive ketones (excluding diaryl/α,β-unsaturated/α-hetero) is 1. The summed E-state index contributed by atoms with van der Waals surface area (Å²) in [4.78, 5) is 11.7. The molecule has 1 aromatic carbocycles. The molecule has 5 nitrogen and oxygen atoms in total. The molecule has 0 spiro atoms. The first kappa shape index (κ1) is 21.3. The topological polar surface area (TPSA) is 89.3 Å². The molecule has 1 atom stereocenters. The van der Waals surface area contributed by atoms with Crippen LogP contribution >= 0.6 is 24.0 Å². The summed E-state index contributed by atoms with van der Waals surface area (Å²) >= 11 is 5.54. The number of carbonyl (C=O) groups excluding carboxylic acids is 1. The maximum Gasteiger partial charge on any atom is 0.216 e. The summed E-state index contributed by atoms with van der Waals surface area (Å²) in [6.45, 7) is 0.512. The Morgan fingerprint density at radius 1 is 1.23 bits per heavy atom. The van der Waals surface area contributed by atoms with Gasteiger partial charge in [0.2, 0.25) is 10.0 Å². The predicted octanol–water partition coefficient (Wildman–Crippen LogP) is 1.83. The van der Waals surface area contributed by atoms with Crippen molar-refractivity contribution in [2.24, 2.45) is 5.73 Å². The van der Waals surface area contributed by atoms with E-state index < -0.39 is 16.1 Å². The summed E-state index contributed by atoms with van der Waals surface area (Å²) in [5, 5.41) is 0. The molecule has 0 saturated heterocycles. The Bertz CT molecular complexity index is 538. The number of hydrogen-bond donors (Lipinski definition) is 2. The molecule has 0 fully saturated rings. The number of alkyl halides is 1. The van der Waals surface area contributed by atoms with Gasteiger partial charge in [0.1, 0.15) is 0 Å². The van der Waals surface area contributed by atoms with Gasteiger partial charge in [0.05, 0.1) is 17.7 Å². The molecule has 0 aliphatic rings. The molecule has 0 aliphatic carbocycles. The Balaban J connectivity index is 0.00000441. The largest absolute Gasteiger partial charge is 0.330 e. The normalized spacial score (nSPS) is 12.5. The molecule has 0 saturated carbocycles. The van der Waals surface area contributed by atoms with Gasteiger partial charge in [-0.05, 0) is 24.9 Å². The van der Waals surface area contributed by atoms with Crippen molar-refractivity contribution in [2.45, 2.75) is 31.1 Å².